The van der Waals surface area contributed by atoms with Gasteiger partial charge in [0.25, 0.3) is 0 Å². The van der Waals surface area contributed by atoms with E-state index >= 15 is 0 Å². The van der Waals surface area contributed by atoms with E-state index in [-0.39, 0.29) is 0 Å². The van der Waals surface area contributed by atoms with Gasteiger partial charge in [0.1, 0.15) is 18.7 Å². The van der Waals surface area contributed by atoms with Crippen LogP contribution in [-0.4, -0.2) is 25.3 Å². The van der Waals surface area contributed by atoms with E-state index < -0.39 is 0 Å². The van der Waals surface area contributed by atoms with Gasteiger partial charge in [-0.2, -0.15) is 0 Å². The largest absolute Gasteiger partial charge is 0.366 e. The summed E-state index contributed by atoms with van der Waals surface area (Å²) in [7, 11) is 0. The molecule has 0 aromatic rings. The van der Waals surface area contributed by atoms with Gasteiger partial charge in [-0.15, -0.1) is 0 Å². The highest BCUT2D eigenvalue weighted by Crippen LogP contribution is 1.91. The molecule has 2 nitrogen and oxygen atoms in total. The Morgan fingerprint density at radius 1 is 1.50 bits per heavy atom. The summed E-state index contributed by atoms with van der Waals surface area (Å²) in [6.07, 6.45) is 0.464. The van der Waals surface area contributed by atoms with E-state index in [0.29, 0.717) is 12.1 Å². The van der Waals surface area contributed by atoms with E-state index in [2.05, 4.69) is 19.2 Å². The summed E-state index contributed by atoms with van der Waals surface area (Å²) in [4.78, 5) is 0. The fraction of sp³-hybridized carbons (Fsp3) is 1.00. The predicted molar refractivity (Wildman–Crippen MR) is 31.7 cm³/mol. The van der Waals surface area contributed by atoms with Crippen molar-refractivity contribution in [3.8, 4) is 0 Å². The van der Waals surface area contributed by atoms with Gasteiger partial charge in [-0.1, -0.05) is 0 Å². The molecule has 2 atom stereocenters. The molecule has 8 heavy (non-hydrogen) atoms. The Morgan fingerprint density at radius 3 is 2.62 bits per heavy atom. The Balaban J connectivity index is 2.19. The molecule has 1 saturated heterocycles. The summed E-state index contributed by atoms with van der Waals surface area (Å²) in [5, 5.41) is 2.33. The molecule has 1 aliphatic heterocycles. The first-order valence-electron chi connectivity index (χ1n) is 3.24. The zero-order valence-corrected chi connectivity index (χ0v) is 5.55. The lowest BCUT2D eigenvalue weighted by molar-refractivity contribution is -0.707. The number of hydrogen-bond acceptors (Lipinski definition) is 1. The quantitative estimate of drug-likeness (QED) is 0.447. The Kier molecular flexibility index (Phi) is 1.86. The van der Waals surface area contributed by atoms with Crippen molar-refractivity contribution in [1.82, 2.24) is 0 Å². The molecule has 0 unspecified atom stereocenters. The maximum atomic E-state index is 5.36. The van der Waals surface area contributed by atoms with Crippen molar-refractivity contribution < 1.29 is 10.1 Å². The summed E-state index contributed by atoms with van der Waals surface area (Å²) in [6.45, 7) is 6.34. The minimum atomic E-state index is 0.464. The molecule has 0 bridgehead atoms. The SMILES string of the molecule is C[C@@H]1C[NH2+][C@@H](C)CO1. The van der Waals surface area contributed by atoms with Gasteiger partial charge in [0.2, 0.25) is 0 Å². The van der Waals surface area contributed by atoms with Gasteiger partial charge in [-0.25, -0.2) is 0 Å². The molecule has 0 aromatic carbocycles. The van der Waals surface area contributed by atoms with Crippen molar-refractivity contribution in [1.29, 1.82) is 0 Å². The first-order valence-corrected chi connectivity index (χ1v) is 3.24. The number of quaternary nitrogens is 1. The van der Waals surface area contributed by atoms with E-state index in [4.69, 9.17) is 4.74 Å². The number of ether oxygens (including phenoxy) is 1. The molecule has 2 heteroatoms. The van der Waals surface area contributed by atoms with E-state index in [1.807, 2.05) is 0 Å². The highest BCUT2D eigenvalue weighted by Gasteiger charge is 2.16. The summed E-state index contributed by atoms with van der Waals surface area (Å²) in [6, 6.07) is 0.672. The highest BCUT2D eigenvalue weighted by molar-refractivity contribution is 4.53. The molecule has 1 fully saturated rings. The lowest BCUT2D eigenvalue weighted by atomic mass is 10.3. The summed E-state index contributed by atoms with van der Waals surface area (Å²) in [5.41, 5.74) is 0. The van der Waals surface area contributed by atoms with Crippen LogP contribution in [-0.2, 0) is 4.74 Å². The third kappa shape index (κ3) is 1.46. The average Bonchev–Trinajstić information content (AvgIpc) is 1.77. The van der Waals surface area contributed by atoms with Crippen LogP contribution in [0, 0.1) is 0 Å². The number of hydrogen-bond donors (Lipinski definition) is 1. The first kappa shape index (κ1) is 6.05. The van der Waals surface area contributed by atoms with E-state index in [9.17, 15) is 0 Å². The van der Waals surface area contributed by atoms with Gasteiger partial charge >= 0.3 is 0 Å². The van der Waals surface area contributed by atoms with E-state index in [0.717, 1.165) is 13.2 Å². The van der Waals surface area contributed by atoms with Crippen LogP contribution >= 0.6 is 0 Å². The molecule has 0 saturated carbocycles. The normalized spacial score (nSPS) is 39.8. The van der Waals surface area contributed by atoms with Crippen molar-refractivity contribution in [2.75, 3.05) is 13.2 Å². The molecule has 2 N–H and O–H groups in total. The monoisotopic (exact) mass is 116 g/mol. The number of morpholine rings is 1. The second-order valence-electron chi connectivity index (χ2n) is 2.59. The van der Waals surface area contributed by atoms with Gasteiger partial charge in [0, 0.05) is 0 Å². The molecular weight excluding hydrogens is 102 g/mol. The van der Waals surface area contributed by atoms with Crippen molar-refractivity contribution in [3.63, 3.8) is 0 Å². The molecule has 0 spiro atoms. The predicted octanol–water partition coefficient (Wildman–Crippen LogP) is -0.643. The minimum Gasteiger partial charge on any atom is -0.366 e. The van der Waals surface area contributed by atoms with Crippen LogP contribution in [0.3, 0.4) is 0 Å². The molecule has 0 amide bonds. The smallest absolute Gasteiger partial charge is 0.107 e. The fourth-order valence-corrected chi connectivity index (χ4v) is 0.876. The van der Waals surface area contributed by atoms with Crippen molar-refractivity contribution >= 4 is 0 Å². The van der Waals surface area contributed by atoms with Crippen molar-refractivity contribution in [3.05, 3.63) is 0 Å². The third-order valence-corrected chi connectivity index (χ3v) is 1.51. The minimum absolute atomic E-state index is 0.464. The van der Waals surface area contributed by atoms with Gasteiger partial charge in [0.05, 0.1) is 6.61 Å². The van der Waals surface area contributed by atoms with Crippen LogP contribution in [0.15, 0.2) is 0 Å². The van der Waals surface area contributed by atoms with Crippen LogP contribution in [0.5, 0.6) is 0 Å². The molecule has 0 aromatic heterocycles. The van der Waals surface area contributed by atoms with Crippen LogP contribution in [0.2, 0.25) is 0 Å². The van der Waals surface area contributed by atoms with Crippen LogP contribution < -0.4 is 5.32 Å². The second kappa shape index (κ2) is 2.46. The molecule has 1 rings (SSSR count). The topological polar surface area (TPSA) is 25.8 Å². The Bertz CT molecular complexity index is 56.9. The van der Waals surface area contributed by atoms with Crippen LogP contribution in [0.1, 0.15) is 13.8 Å². The van der Waals surface area contributed by atoms with Crippen molar-refractivity contribution in [2.24, 2.45) is 0 Å². The maximum absolute atomic E-state index is 5.36. The number of nitrogens with two attached hydrogens (primary N) is 1. The molecule has 1 aliphatic rings. The number of rotatable bonds is 0. The molecule has 0 radical (unpaired) electrons. The zero-order chi connectivity index (χ0) is 5.98. The van der Waals surface area contributed by atoms with Gasteiger partial charge in [0.15, 0.2) is 0 Å². The van der Waals surface area contributed by atoms with Gasteiger partial charge in [-0.3, -0.25) is 0 Å². The zero-order valence-electron chi connectivity index (χ0n) is 5.55. The highest BCUT2D eigenvalue weighted by atomic mass is 16.5. The van der Waals surface area contributed by atoms with Crippen molar-refractivity contribution in [2.45, 2.75) is 26.0 Å². The molecule has 0 aliphatic carbocycles. The first-order chi connectivity index (χ1) is 3.79. The third-order valence-electron chi connectivity index (χ3n) is 1.51. The summed E-state index contributed by atoms with van der Waals surface area (Å²) >= 11 is 0. The molecule has 48 valence electrons. The Labute approximate surface area is 50.2 Å². The standard InChI is InChI=1S/C6H13NO/c1-5-4-8-6(2)3-7-5/h5-7H,3-4H2,1-2H3/p+1/t5-,6+/m0/s1. The second-order valence-corrected chi connectivity index (χ2v) is 2.59. The van der Waals surface area contributed by atoms with E-state index in [1.54, 1.807) is 0 Å². The Morgan fingerprint density at radius 2 is 2.25 bits per heavy atom. The summed E-state index contributed by atoms with van der Waals surface area (Å²) < 4.78 is 5.36. The van der Waals surface area contributed by atoms with Crippen LogP contribution in [0.4, 0.5) is 0 Å². The van der Waals surface area contributed by atoms with Gasteiger partial charge in [-0.05, 0) is 13.8 Å². The maximum Gasteiger partial charge on any atom is 0.107 e. The Hall–Kier alpha value is -0.0800. The van der Waals surface area contributed by atoms with Crippen LogP contribution in [0.25, 0.3) is 0 Å². The average molecular weight is 116 g/mol. The lowest BCUT2D eigenvalue weighted by Crippen LogP contribution is -2.94. The fourth-order valence-electron chi connectivity index (χ4n) is 0.876. The van der Waals surface area contributed by atoms with Gasteiger partial charge < -0.3 is 10.1 Å². The van der Waals surface area contributed by atoms with E-state index in [1.165, 1.54) is 0 Å². The summed E-state index contributed by atoms with van der Waals surface area (Å²) in [5.74, 6) is 0. The molecular formula is C6H14NO+. The lowest BCUT2D eigenvalue weighted by Gasteiger charge is -2.21. The molecule has 1 heterocycles.